The highest BCUT2D eigenvalue weighted by Crippen LogP contribution is 2.06. The molecule has 0 saturated heterocycles. The molecule has 1 aromatic rings. The van der Waals surface area contributed by atoms with Gasteiger partial charge in [-0.25, -0.2) is 9.97 Å². The van der Waals surface area contributed by atoms with Crippen molar-refractivity contribution in [3.8, 4) is 0 Å². The standard InChI is InChI=1S/C7H10ClN3/c1-11(2)6-4-9-7(3-8)10-5-6/h4-5H,3H2,1-2H3. The van der Waals surface area contributed by atoms with Gasteiger partial charge in [0.1, 0.15) is 5.82 Å². The van der Waals surface area contributed by atoms with Gasteiger partial charge in [0, 0.05) is 14.1 Å². The zero-order valence-electron chi connectivity index (χ0n) is 6.58. The molecule has 0 aliphatic heterocycles. The number of alkyl halides is 1. The summed E-state index contributed by atoms with van der Waals surface area (Å²) in [5.74, 6) is 1.03. The van der Waals surface area contributed by atoms with E-state index in [-0.39, 0.29) is 0 Å². The Morgan fingerprint density at radius 2 is 1.91 bits per heavy atom. The molecular weight excluding hydrogens is 162 g/mol. The first-order chi connectivity index (χ1) is 5.24. The van der Waals surface area contributed by atoms with Crippen LogP contribution in [0, 0.1) is 0 Å². The van der Waals surface area contributed by atoms with E-state index < -0.39 is 0 Å². The van der Waals surface area contributed by atoms with E-state index in [9.17, 15) is 0 Å². The van der Waals surface area contributed by atoms with Crippen molar-refractivity contribution in [2.24, 2.45) is 0 Å². The van der Waals surface area contributed by atoms with E-state index in [0.717, 1.165) is 5.69 Å². The number of aromatic nitrogens is 2. The first kappa shape index (κ1) is 8.27. The van der Waals surface area contributed by atoms with Crippen molar-refractivity contribution < 1.29 is 0 Å². The van der Waals surface area contributed by atoms with Gasteiger partial charge in [-0.15, -0.1) is 11.6 Å². The van der Waals surface area contributed by atoms with Crippen LogP contribution >= 0.6 is 11.6 Å². The molecule has 0 atom stereocenters. The van der Waals surface area contributed by atoms with Crippen molar-refractivity contribution in [1.29, 1.82) is 0 Å². The molecule has 0 aliphatic rings. The fraction of sp³-hybridized carbons (Fsp3) is 0.429. The molecule has 0 radical (unpaired) electrons. The van der Waals surface area contributed by atoms with Crippen LogP contribution in [0.15, 0.2) is 12.4 Å². The van der Waals surface area contributed by atoms with Crippen LogP contribution in [0.4, 0.5) is 5.69 Å². The van der Waals surface area contributed by atoms with Gasteiger partial charge in [0.15, 0.2) is 0 Å². The van der Waals surface area contributed by atoms with Gasteiger partial charge in [-0.1, -0.05) is 0 Å². The van der Waals surface area contributed by atoms with Crippen molar-refractivity contribution in [3.05, 3.63) is 18.2 Å². The third-order valence-electron chi connectivity index (χ3n) is 1.33. The Kier molecular flexibility index (Phi) is 2.65. The molecule has 0 unspecified atom stereocenters. The molecule has 0 aromatic carbocycles. The number of hydrogen-bond donors (Lipinski definition) is 0. The first-order valence-corrected chi connectivity index (χ1v) is 3.81. The van der Waals surface area contributed by atoms with Gasteiger partial charge in [-0.3, -0.25) is 0 Å². The zero-order chi connectivity index (χ0) is 8.27. The number of hydrogen-bond acceptors (Lipinski definition) is 3. The number of anilines is 1. The predicted octanol–water partition coefficient (Wildman–Crippen LogP) is 1.28. The number of nitrogens with zero attached hydrogens (tertiary/aromatic N) is 3. The van der Waals surface area contributed by atoms with Crippen molar-refractivity contribution in [3.63, 3.8) is 0 Å². The lowest BCUT2D eigenvalue weighted by molar-refractivity contribution is 0.998. The maximum absolute atomic E-state index is 5.52. The molecule has 0 aliphatic carbocycles. The largest absolute Gasteiger partial charge is 0.375 e. The van der Waals surface area contributed by atoms with Gasteiger partial charge in [0.2, 0.25) is 0 Å². The maximum atomic E-state index is 5.52. The minimum atomic E-state index is 0.369. The monoisotopic (exact) mass is 171 g/mol. The minimum Gasteiger partial charge on any atom is -0.375 e. The van der Waals surface area contributed by atoms with Gasteiger partial charge in [-0.2, -0.15) is 0 Å². The van der Waals surface area contributed by atoms with Gasteiger partial charge >= 0.3 is 0 Å². The Hall–Kier alpha value is -0.830. The Balaban J connectivity index is 2.83. The Bertz CT molecular complexity index is 220. The quantitative estimate of drug-likeness (QED) is 0.628. The Morgan fingerprint density at radius 3 is 2.27 bits per heavy atom. The molecule has 0 saturated carbocycles. The third kappa shape index (κ3) is 2.05. The Morgan fingerprint density at radius 1 is 1.36 bits per heavy atom. The molecule has 4 heteroatoms. The third-order valence-corrected chi connectivity index (χ3v) is 1.57. The Labute approximate surface area is 71.0 Å². The van der Waals surface area contributed by atoms with E-state index in [0.29, 0.717) is 11.7 Å². The molecule has 1 aromatic heterocycles. The summed E-state index contributed by atoms with van der Waals surface area (Å²) < 4.78 is 0. The van der Waals surface area contributed by atoms with Crippen molar-refractivity contribution in [2.75, 3.05) is 19.0 Å². The lowest BCUT2D eigenvalue weighted by Gasteiger charge is -2.10. The first-order valence-electron chi connectivity index (χ1n) is 3.28. The molecule has 3 nitrogen and oxygen atoms in total. The predicted molar refractivity (Wildman–Crippen MR) is 45.9 cm³/mol. The molecule has 0 spiro atoms. The van der Waals surface area contributed by atoms with Crippen LogP contribution in [-0.4, -0.2) is 24.1 Å². The average molecular weight is 172 g/mol. The summed E-state index contributed by atoms with van der Waals surface area (Å²) in [6, 6.07) is 0. The van der Waals surface area contributed by atoms with Crippen LogP contribution in [0.5, 0.6) is 0 Å². The van der Waals surface area contributed by atoms with Gasteiger partial charge < -0.3 is 4.90 Å². The van der Waals surface area contributed by atoms with Gasteiger partial charge in [0.25, 0.3) is 0 Å². The molecule has 0 N–H and O–H groups in total. The average Bonchev–Trinajstić information content (AvgIpc) is 2.05. The summed E-state index contributed by atoms with van der Waals surface area (Å²) in [5.41, 5.74) is 0.985. The van der Waals surface area contributed by atoms with Gasteiger partial charge in [0.05, 0.1) is 24.0 Å². The van der Waals surface area contributed by atoms with Crippen LogP contribution in [0.1, 0.15) is 5.82 Å². The molecule has 0 amide bonds. The van der Waals surface area contributed by atoms with Crippen LogP contribution in [0.3, 0.4) is 0 Å². The van der Waals surface area contributed by atoms with E-state index in [1.165, 1.54) is 0 Å². The van der Waals surface area contributed by atoms with Crippen molar-refractivity contribution in [1.82, 2.24) is 9.97 Å². The summed E-state index contributed by atoms with van der Waals surface area (Å²) in [6.07, 6.45) is 3.51. The molecule has 1 rings (SSSR count). The van der Waals surface area contributed by atoms with Crippen molar-refractivity contribution >= 4 is 17.3 Å². The molecule has 0 bridgehead atoms. The highest BCUT2D eigenvalue weighted by atomic mass is 35.5. The number of rotatable bonds is 2. The highest BCUT2D eigenvalue weighted by Gasteiger charge is 1.96. The highest BCUT2D eigenvalue weighted by molar-refractivity contribution is 6.16. The SMILES string of the molecule is CN(C)c1cnc(CCl)nc1. The summed E-state index contributed by atoms with van der Waals surface area (Å²) >= 11 is 5.52. The second-order valence-electron chi connectivity index (χ2n) is 2.39. The van der Waals surface area contributed by atoms with Crippen LogP contribution < -0.4 is 4.90 Å². The van der Waals surface area contributed by atoms with E-state index in [1.54, 1.807) is 12.4 Å². The summed E-state index contributed by atoms with van der Waals surface area (Å²) in [6.45, 7) is 0. The lowest BCUT2D eigenvalue weighted by atomic mass is 10.5. The van der Waals surface area contributed by atoms with Gasteiger partial charge in [-0.05, 0) is 0 Å². The fourth-order valence-corrected chi connectivity index (χ4v) is 0.786. The summed E-state index contributed by atoms with van der Waals surface area (Å²) in [4.78, 5) is 10.0. The summed E-state index contributed by atoms with van der Waals surface area (Å²) in [5, 5.41) is 0. The fourth-order valence-electron chi connectivity index (χ4n) is 0.648. The topological polar surface area (TPSA) is 29.0 Å². The smallest absolute Gasteiger partial charge is 0.143 e. The maximum Gasteiger partial charge on any atom is 0.143 e. The molecule has 1 heterocycles. The molecule has 11 heavy (non-hydrogen) atoms. The molecule has 0 fully saturated rings. The van der Waals surface area contributed by atoms with Crippen LogP contribution in [-0.2, 0) is 5.88 Å². The number of halogens is 1. The van der Waals surface area contributed by atoms with E-state index >= 15 is 0 Å². The van der Waals surface area contributed by atoms with Crippen LogP contribution in [0.25, 0.3) is 0 Å². The second-order valence-corrected chi connectivity index (χ2v) is 2.65. The van der Waals surface area contributed by atoms with E-state index in [1.807, 2.05) is 19.0 Å². The molecule has 60 valence electrons. The van der Waals surface area contributed by atoms with E-state index in [4.69, 9.17) is 11.6 Å². The minimum absolute atomic E-state index is 0.369. The second kappa shape index (κ2) is 3.53. The zero-order valence-corrected chi connectivity index (χ0v) is 7.34. The van der Waals surface area contributed by atoms with Crippen molar-refractivity contribution in [2.45, 2.75) is 5.88 Å². The van der Waals surface area contributed by atoms with Crippen LogP contribution in [0.2, 0.25) is 0 Å². The molecular formula is C7H10ClN3. The normalized spacial score (nSPS) is 9.73. The van der Waals surface area contributed by atoms with E-state index in [2.05, 4.69) is 9.97 Å². The summed E-state index contributed by atoms with van der Waals surface area (Å²) in [7, 11) is 3.89. The lowest BCUT2D eigenvalue weighted by Crippen LogP contribution is -2.09.